The van der Waals surface area contributed by atoms with Crippen LogP contribution in [0.2, 0.25) is 0 Å². The molecule has 1 aromatic carbocycles. The first-order valence-corrected chi connectivity index (χ1v) is 14.2. The molecule has 0 radical (unpaired) electrons. The Balaban J connectivity index is 1.58. The molecular weight excluding hydrogens is 508 g/mol. The maximum absolute atomic E-state index is 13.7. The van der Waals surface area contributed by atoms with Gasteiger partial charge in [0.2, 0.25) is 5.91 Å². The van der Waals surface area contributed by atoms with Gasteiger partial charge in [-0.25, -0.2) is 14.6 Å². The number of amides is 3. The SMILES string of the molecule is Cc1[nH]c([C@@H](Cc2cn(C)c3ccccc23)NC(=O)C(CC(C)C)NC(=O)NC2CCCCC2C)nc1C(=O)O. The number of aromatic amines is 1. The fourth-order valence-corrected chi connectivity index (χ4v) is 5.76. The third-order valence-corrected chi connectivity index (χ3v) is 7.91. The number of aromatic nitrogens is 3. The summed E-state index contributed by atoms with van der Waals surface area (Å²) < 4.78 is 2.03. The summed E-state index contributed by atoms with van der Waals surface area (Å²) in [6, 6.07) is 6.35. The summed E-state index contributed by atoms with van der Waals surface area (Å²) in [5.41, 5.74) is 2.38. The van der Waals surface area contributed by atoms with Gasteiger partial charge < -0.3 is 30.6 Å². The Morgan fingerprint density at radius 3 is 2.55 bits per heavy atom. The molecule has 40 heavy (non-hydrogen) atoms. The molecule has 10 nitrogen and oxygen atoms in total. The Labute approximate surface area is 235 Å². The van der Waals surface area contributed by atoms with Crippen LogP contribution in [0, 0.1) is 18.8 Å². The zero-order chi connectivity index (χ0) is 29.0. The molecule has 5 N–H and O–H groups in total. The van der Waals surface area contributed by atoms with Gasteiger partial charge in [0.1, 0.15) is 11.9 Å². The predicted molar refractivity (Wildman–Crippen MR) is 154 cm³/mol. The van der Waals surface area contributed by atoms with E-state index >= 15 is 0 Å². The van der Waals surface area contributed by atoms with Crippen LogP contribution in [-0.4, -0.2) is 49.6 Å². The molecule has 3 amide bonds. The number of H-pyrrole nitrogens is 1. The van der Waals surface area contributed by atoms with E-state index in [1.54, 1.807) is 6.92 Å². The monoisotopic (exact) mass is 550 g/mol. The van der Waals surface area contributed by atoms with E-state index in [-0.39, 0.29) is 29.6 Å². The molecule has 3 unspecified atom stereocenters. The molecule has 0 aliphatic heterocycles. The molecule has 1 aliphatic carbocycles. The fraction of sp³-hybridized carbons (Fsp3) is 0.533. The van der Waals surface area contributed by atoms with E-state index in [2.05, 4.69) is 32.8 Å². The van der Waals surface area contributed by atoms with Crippen LogP contribution in [-0.2, 0) is 18.3 Å². The summed E-state index contributed by atoms with van der Waals surface area (Å²) in [6.45, 7) is 7.81. The number of para-hydroxylation sites is 1. The van der Waals surface area contributed by atoms with Crippen molar-refractivity contribution in [3.8, 4) is 0 Å². The van der Waals surface area contributed by atoms with Crippen molar-refractivity contribution in [3.63, 3.8) is 0 Å². The molecule has 1 aliphatic rings. The number of rotatable bonds is 10. The highest BCUT2D eigenvalue weighted by atomic mass is 16.4. The number of fused-ring (bicyclic) bond motifs is 1. The van der Waals surface area contributed by atoms with Crippen molar-refractivity contribution in [1.29, 1.82) is 0 Å². The van der Waals surface area contributed by atoms with E-state index in [0.29, 0.717) is 30.3 Å². The lowest BCUT2D eigenvalue weighted by Crippen LogP contribution is -2.54. The molecule has 4 rings (SSSR count). The fourth-order valence-electron chi connectivity index (χ4n) is 5.76. The molecule has 0 spiro atoms. The normalized spacial score (nSPS) is 18.9. The van der Waals surface area contributed by atoms with E-state index < -0.39 is 18.1 Å². The predicted octanol–water partition coefficient (Wildman–Crippen LogP) is 4.60. The van der Waals surface area contributed by atoms with Gasteiger partial charge in [0.15, 0.2) is 5.69 Å². The molecule has 10 heteroatoms. The van der Waals surface area contributed by atoms with Crippen LogP contribution in [0.5, 0.6) is 0 Å². The first-order chi connectivity index (χ1) is 19.0. The molecule has 2 heterocycles. The summed E-state index contributed by atoms with van der Waals surface area (Å²) >= 11 is 0. The molecule has 1 saturated carbocycles. The zero-order valence-electron chi connectivity index (χ0n) is 24.1. The van der Waals surface area contributed by atoms with Crippen molar-refractivity contribution >= 4 is 28.8 Å². The number of nitrogens with zero attached hydrogens (tertiary/aromatic N) is 2. The number of imidazole rings is 1. The van der Waals surface area contributed by atoms with Gasteiger partial charge in [-0.2, -0.15) is 0 Å². The maximum atomic E-state index is 13.7. The second-order valence-electron chi connectivity index (χ2n) is 11.6. The van der Waals surface area contributed by atoms with E-state index in [0.717, 1.165) is 35.7 Å². The van der Waals surface area contributed by atoms with E-state index in [4.69, 9.17) is 0 Å². The average Bonchev–Trinajstić information content (AvgIpc) is 3.44. The van der Waals surface area contributed by atoms with Gasteiger partial charge in [0.25, 0.3) is 0 Å². The highest BCUT2D eigenvalue weighted by molar-refractivity contribution is 5.88. The Kier molecular flexibility index (Phi) is 9.17. The molecular formula is C30H42N6O4. The standard InChI is InChI=1S/C30H42N6O4/c1-17(2)14-24(34-30(40)33-22-12-8-6-10-18(22)3)28(37)32-23(27-31-19(4)26(35-27)29(38)39)15-20-16-36(5)25-13-9-7-11-21(20)25/h7,9,11,13,16-18,22-24H,6,8,10,12,14-15H2,1-5H3,(H,31,35)(H,32,37)(H,38,39)(H2,33,34,40)/t18?,22?,23-,24?/m1/s1. The van der Waals surface area contributed by atoms with E-state index in [1.165, 1.54) is 6.42 Å². The number of carbonyl (C=O) groups is 3. The van der Waals surface area contributed by atoms with Crippen LogP contribution in [0.4, 0.5) is 4.79 Å². The van der Waals surface area contributed by atoms with Crippen molar-refractivity contribution in [1.82, 2.24) is 30.5 Å². The number of aromatic carboxylic acids is 1. The van der Waals surface area contributed by atoms with Crippen molar-refractivity contribution in [2.75, 3.05) is 0 Å². The van der Waals surface area contributed by atoms with Crippen LogP contribution in [0.3, 0.4) is 0 Å². The van der Waals surface area contributed by atoms with Gasteiger partial charge in [-0.3, -0.25) is 4.79 Å². The third kappa shape index (κ3) is 6.84. The van der Waals surface area contributed by atoms with Crippen molar-refractivity contribution < 1.29 is 19.5 Å². The number of nitrogens with one attached hydrogen (secondary N) is 4. The van der Waals surface area contributed by atoms with Crippen LogP contribution >= 0.6 is 0 Å². The maximum Gasteiger partial charge on any atom is 0.356 e. The highest BCUT2D eigenvalue weighted by Gasteiger charge is 2.30. The van der Waals surface area contributed by atoms with E-state index in [1.807, 2.05) is 55.9 Å². The first kappa shape index (κ1) is 29.2. The van der Waals surface area contributed by atoms with Crippen molar-refractivity contribution in [2.45, 2.75) is 84.3 Å². The highest BCUT2D eigenvalue weighted by Crippen LogP contribution is 2.26. The Morgan fingerprint density at radius 2 is 1.88 bits per heavy atom. The molecule has 216 valence electrons. The minimum absolute atomic E-state index is 0.0787. The topological polar surface area (TPSA) is 141 Å². The largest absolute Gasteiger partial charge is 0.476 e. The van der Waals surface area contributed by atoms with Gasteiger partial charge in [-0.05, 0) is 49.7 Å². The summed E-state index contributed by atoms with van der Waals surface area (Å²) in [6.07, 6.45) is 7.14. The zero-order valence-corrected chi connectivity index (χ0v) is 24.1. The molecule has 0 bridgehead atoms. The van der Waals surface area contributed by atoms with Gasteiger partial charge >= 0.3 is 12.0 Å². The quantitative estimate of drug-likeness (QED) is 0.251. The first-order valence-electron chi connectivity index (χ1n) is 14.2. The minimum Gasteiger partial charge on any atom is -0.476 e. The molecule has 3 aromatic rings. The summed E-state index contributed by atoms with van der Waals surface area (Å²) in [5.74, 6) is -0.557. The Morgan fingerprint density at radius 1 is 1.15 bits per heavy atom. The van der Waals surface area contributed by atoms with Crippen molar-refractivity contribution in [2.24, 2.45) is 18.9 Å². The number of urea groups is 1. The van der Waals surface area contributed by atoms with Crippen LogP contribution in [0.15, 0.2) is 30.5 Å². The number of carboxylic acid groups (broad SMARTS) is 1. The minimum atomic E-state index is -1.14. The second kappa shape index (κ2) is 12.6. The average molecular weight is 551 g/mol. The molecule has 4 atom stereocenters. The lowest BCUT2D eigenvalue weighted by Gasteiger charge is -2.30. The summed E-state index contributed by atoms with van der Waals surface area (Å²) in [4.78, 5) is 45.8. The number of hydrogen-bond donors (Lipinski definition) is 5. The van der Waals surface area contributed by atoms with Crippen LogP contribution < -0.4 is 16.0 Å². The van der Waals surface area contributed by atoms with Crippen LogP contribution in [0.25, 0.3) is 10.9 Å². The summed E-state index contributed by atoms with van der Waals surface area (Å²) in [7, 11) is 1.97. The molecule has 2 aromatic heterocycles. The van der Waals surface area contributed by atoms with Gasteiger partial charge in [-0.15, -0.1) is 0 Å². The van der Waals surface area contributed by atoms with Gasteiger partial charge in [0.05, 0.1) is 6.04 Å². The van der Waals surface area contributed by atoms with Gasteiger partial charge in [0, 0.05) is 42.3 Å². The number of carbonyl (C=O) groups excluding carboxylic acids is 2. The molecule has 1 fully saturated rings. The number of hydrogen-bond acceptors (Lipinski definition) is 4. The third-order valence-electron chi connectivity index (χ3n) is 7.91. The van der Waals surface area contributed by atoms with Gasteiger partial charge in [-0.1, -0.05) is 51.8 Å². The Bertz CT molecular complexity index is 1360. The summed E-state index contributed by atoms with van der Waals surface area (Å²) in [5, 5.41) is 19.7. The Hall–Kier alpha value is -3.82. The lowest BCUT2D eigenvalue weighted by molar-refractivity contribution is -0.124. The van der Waals surface area contributed by atoms with Crippen molar-refractivity contribution in [3.05, 3.63) is 53.2 Å². The van der Waals surface area contributed by atoms with Crippen LogP contribution in [0.1, 0.15) is 86.5 Å². The number of benzene rings is 1. The number of carboxylic acids is 1. The number of aryl methyl sites for hydroxylation is 2. The van der Waals surface area contributed by atoms with E-state index in [9.17, 15) is 19.5 Å². The second-order valence-corrected chi connectivity index (χ2v) is 11.6. The molecule has 0 saturated heterocycles. The smallest absolute Gasteiger partial charge is 0.356 e. The lowest BCUT2D eigenvalue weighted by atomic mass is 9.86.